The minimum atomic E-state index is -1.37. The van der Waals surface area contributed by atoms with E-state index in [0.717, 1.165) is 4.91 Å². The Morgan fingerprint density at radius 1 is 1.21 bits per heavy atom. The number of ether oxygens (including phenoxy) is 1. The molecule has 1 fully saturated rings. The van der Waals surface area contributed by atoms with Gasteiger partial charge in [0.2, 0.25) is 0 Å². The van der Waals surface area contributed by atoms with Crippen molar-refractivity contribution in [3.8, 4) is 0 Å². The third-order valence-electron chi connectivity index (χ3n) is 4.88. The fraction of sp³-hybridized carbons (Fsp3) is 0.500. The van der Waals surface area contributed by atoms with Gasteiger partial charge in [-0.25, -0.2) is 4.79 Å². The van der Waals surface area contributed by atoms with Crippen LogP contribution in [0.25, 0.3) is 0 Å². The third kappa shape index (κ3) is 7.02. The van der Waals surface area contributed by atoms with Crippen LogP contribution in [-0.4, -0.2) is 69.4 Å². The number of carbonyl (C=O) groups is 4. The first-order valence-electron chi connectivity index (χ1n) is 10.5. The molecule has 0 saturated carbocycles. The van der Waals surface area contributed by atoms with E-state index in [1.165, 1.54) is 40.2 Å². The van der Waals surface area contributed by atoms with E-state index < -0.39 is 30.4 Å². The quantitative estimate of drug-likeness (QED) is 0.147. The molecule has 0 bridgehead atoms. The summed E-state index contributed by atoms with van der Waals surface area (Å²) in [6.07, 6.45) is 0.440. The number of thiocarbonyl (C=S) groups is 1. The summed E-state index contributed by atoms with van der Waals surface area (Å²) >= 11 is 8.18. The number of likely N-dealkylation sites (N-methyl/N-ethyl adjacent to an activating group) is 1. The number of aliphatic hydroxyl groups is 1. The molecule has 0 aromatic rings. The molecule has 11 heteroatoms. The smallest absolute Gasteiger partial charge is 0.333 e. The van der Waals surface area contributed by atoms with Gasteiger partial charge in [0.25, 0.3) is 11.8 Å². The lowest BCUT2D eigenvalue weighted by molar-refractivity contribution is -0.145. The molecule has 1 atom stereocenters. The van der Waals surface area contributed by atoms with Crippen LogP contribution < -0.4 is 0 Å². The molecule has 0 aromatic carbocycles. The first-order chi connectivity index (χ1) is 15.6. The van der Waals surface area contributed by atoms with Crippen molar-refractivity contribution in [1.29, 1.82) is 0 Å². The zero-order valence-corrected chi connectivity index (χ0v) is 21.4. The molecule has 2 aliphatic heterocycles. The van der Waals surface area contributed by atoms with Crippen molar-refractivity contribution in [2.75, 3.05) is 19.7 Å². The number of ketones is 1. The maximum atomic E-state index is 13.1. The van der Waals surface area contributed by atoms with Gasteiger partial charge >= 0.3 is 5.97 Å². The molecule has 2 aliphatic rings. The highest BCUT2D eigenvalue weighted by molar-refractivity contribution is 8.28. The van der Waals surface area contributed by atoms with Crippen molar-refractivity contribution < 1.29 is 29.0 Å². The molecular formula is C22H28N2O6S3. The molecule has 1 saturated heterocycles. The standard InChI is InChI=1S/C22H28N2O6S3/c1-5-23-18(27)17(21-32-12-14(4)33-21)19(28)24(22(23)31)10-8-6-7-9-15(25)16(26)11-30-20(29)13(2)3/h12,16,26H,2,5-11H2,1,3-4H3/b21-17+. The van der Waals surface area contributed by atoms with E-state index in [1.807, 2.05) is 19.3 Å². The van der Waals surface area contributed by atoms with Gasteiger partial charge in [-0.15, -0.1) is 0 Å². The number of Topliss-reactive ketones (excluding diaryl/α,β-unsaturated/α-hetero) is 1. The number of rotatable bonds is 11. The fourth-order valence-corrected chi connectivity index (χ4v) is 5.64. The van der Waals surface area contributed by atoms with E-state index in [4.69, 9.17) is 17.0 Å². The summed E-state index contributed by atoms with van der Waals surface area (Å²) < 4.78 is 5.46. The highest BCUT2D eigenvalue weighted by Crippen LogP contribution is 2.46. The topological polar surface area (TPSA) is 104 Å². The van der Waals surface area contributed by atoms with Crippen LogP contribution in [0.1, 0.15) is 46.5 Å². The third-order valence-corrected chi connectivity index (χ3v) is 7.73. The summed E-state index contributed by atoms with van der Waals surface area (Å²) in [5, 5.41) is 11.9. The van der Waals surface area contributed by atoms with E-state index in [9.17, 15) is 24.3 Å². The number of aliphatic hydroxyl groups excluding tert-OH is 1. The summed E-state index contributed by atoms with van der Waals surface area (Å²) in [7, 11) is 0. The summed E-state index contributed by atoms with van der Waals surface area (Å²) in [6, 6.07) is 0. The SMILES string of the molecule is C=C(C)C(=O)OCC(O)C(=O)CCCCCN1C(=O)/C(=C2\SC=C(C)S2)C(=O)N(CC)C1=S. The Hall–Kier alpha value is -1.95. The molecule has 2 amide bonds. The molecule has 2 rings (SSSR count). The minimum absolute atomic E-state index is 0.122. The van der Waals surface area contributed by atoms with Gasteiger partial charge in [-0.1, -0.05) is 36.5 Å². The van der Waals surface area contributed by atoms with Gasteiger partial charge in [-0.2, -0.15) is 0 Å². The normalized spacial score (nSPS) is 19.6. The number of nitrogens with zero attached hydrogens (tertiary/aromatic N) is 2. The van der Waals surface area contributed by atoms with Crippen LogP contribution in [0, 0.1) is 0 Å². The van der Waals surface area contributed by atoms with Crippen molar-refractivity contribution in [3.05, 3.63) is 32.3 Å². The first-order valence-corrected chi connectivity index (χ1v) is 12.7. The monoisotopic (exact) mass is 512 g/mol. The molecule has 1 N–H and O–H groups in total. The second kappa shape index (κ2) is 12.5. The lowest BCUT2D eigenvalue weighted by Gasteiger charge is -2.36. The average Bonchev–Trinajstić information content (AvgIpc) is 3.19. The Bertz CT molecular complexity index is 927. The van der Waals surface area contributed by atoms with E-state index in [1.54, 1.807) is 0 Å². The van der Waals surface area contributed by atoms with E-state index >= 15 is 0 Å². The Morgan fingerprint density at radius 3 is 2.45 bits per heavy atom. The van der Waals surface area contributed by atoms with Gasteiger partial charge in [0.15, 0.2) is 10.9 Å². The minimum Gasteiger partial charge on any atom is -0.459 e. The van der Waals surface area contributed by atoms with Gasteiger partial charge < -0.3 is 9.84 Å². The number of unbranched alkanes of at least 4 members (excludes halogenated alkanes) is 2. The van der Waals surface area contributed by atoms with Crippen molar-refractivity contribution in [2.45, 2.75) is 52.6 Å². The number of allylic oxidation sites excluding steroid dienone is 1. The Morgan fingerprint density at radius 2 is 1.88 bits per heavy atom. The summed E-state index contributed by atoms with van der Waals surface area (Å²) in [4.78, 5) is 53.2. The van der Waals surface area contributed by atoms with Crippen LogP contribution in [0.2, 0.25) is 0 Å². The maximum Gasteiger partial charge on any atom is 0.333 e. The van der Waals surface area contributed by atoms with Crippen LogP contribution in [0.15, 0.2) is 32.3 Å². The molecule has 1 unspecified atom stereocenters. The zero-order valence-electron chi connectivity index (χ0n) is 18.9. The molecular weight excluding hydrogens is 484 g/mol. The molecule has 2 heterocycles. The van der Waals surface area contributed by atoms with Gasteiger partial charge in [0.1, 0.15) is 18.3 Å². The van der Waals surface area contributed by atoms with Crippen LogP contribution in [0.4, 0.5) is 0 Å². The second-order valence-electron chi connectivity index (χ2n) is 7.57. The summed E-state index contributed by atoms with van der Waals surface area (Å²) in [6.45, 7) is 8.94. The number of hydrogen-bond donors (Lipinski definition) is 1. The largest absolute Gasteiger partial charge is 0.459 e. The van der Waals surface area contributed by atoms with Crippen molar-refractivity contribution in [1.82, 2.24) is 9.80 Å². The van der Waals surface area contributed by atoms with Gasteiger partial charge in [0.05, 0.1) is 4.24 Å². The van der Waals surface area contributed by atoms with Crippen molar-refractivity contribution >= 4 is 64.4 Å². The zero-order chi connectivity index (χ0) is 24.7. The van der Waals surface area contributed by atoms with E-state index in [-0.39, 0.29) is 28.6 Å². The van der Waals surface area contributed by atoms with Gasteiger partial charge in [-0.05, 0) is 56.1 Å². The number of amides is 2. The van der Waals surface area contributed by atoms with Crippen LogP contribution >= 0.6 is 35.7 Å². The molecule has 0 radical (unpaired) electrons. The lowest BCUT2D eigenvalue weighted by atomic mass is 10.1. The average molecular weight is 513 g/mol. The van der Waals surface area contributed by atoms with Gasteiger partial charge in [-0.3, -0.25) is 24.2 Å². The molecule has 0 aliphatic carbocycles. The number of carbonyl (C=O) groups excluding carboxylic acids is 4. The molecule has 180 valence electrons. The number of hydrogen-bond acceptors (Lipinski definition) is 9. The molecule has 0 aromatic heterocycles. The van der Waals surface area contributed by atoms with E-state index in [0.29, 0.717) is 36.6 Å². The Balaban J connectivity index is 1.87. The molecule has 8 nitrogen and oxygen atoms in total. The lowest BCUT2D eigenvalue weighted by Crippen LogP contribution is -2.56. The molecule has 0 spiro atoms. The highest BCUT2D eigenvalue weighted by Gasteiger charge is 2.41. The maximum absolute atomic E-state index is 13.1. The fourth-order valence-electron chi connectivity index (χ4n) is 3.06. The first kappa shape index (κ1) is 27.3. The van der Waals surface area contributed by atoms with Crippen molar-refractivity contribution in [2.24, 2.45) is 0 Å². The second-order valence-corrected chi connectivity index (χ2v) is 10.3. The predicted molar refractivity (Wildman–Crippen MR) is 133 cm³/mol. The summed E-state index contributed by atoms with van der Waals surface area (Å²) in [5.74, 6) is -1.83. The Labute approximate surface area is 207 Å². The van der Waals surface area contributed by atoms with Crippen LogP contribution in [0.3, 0.4) is 0 Å². The van der Waals surface area contributed by atoms with Crippen LogP contribution in [-0.2, 0) is 23.9 Å². The predicted octanol–water partition coefficient (Wildman–Crippen LogP) is 3.12. The molecule has 33 heavy (non-hydrogen) atoms. The van der Waals surface area contributed by atoms with E-state index in [2.05, 4.69) is 6.58 Å². The number of esters is 1. The highest BCUT2D eigenvalue weighted by atomic mass is 32.2. The van der Waals surface area contributed by atoms with Crippen LogP contribution in [0.5, 0.6) is 0 Å². The van der Waals surface area contributed by atoms with Gasteiger partial charge in [0, 0.05) is 25.1 Å². The van der Waals surface area contributed by atoms with Crippen molar-refractivity contribution in [3.63, 3.8) is 0 Å². The summed E-state index contributed by atoms with van der Waals surface area (Å²) in [5.41, 5.74) is 0.342. The number of thioether (sulfide) groups is 2. The Kier molecular flexibility index (Phi) is 10.3.